The SMILES string of the molecule is CC(Oc1ccc(Sc2ccc(O)cc2)c(N)c1)c1cccc(F)c1. The van der Waals surface area contributed by atoms with Crippen LogP contribution < -0.4 is 10.5 Å². The third-order valence-corrected chi connectivity index (χ3v) is 4.78. The molecule has 0 amide bonds. The van der Waals surface area contributed by atoms with Crippen LogP contribution in [-0.2, 0) is 0 Å². The number of halogens is 1. The number of nitrogens with two attached hydrogens (primary N) is 1. The molecule has 3 aromatic carbocycles. The molecule has 0 aliphatic heterocycles. The molecule has 25 heavy (non-hydrogen) atoms. The molecule has 0 saturated heterocycles. The topological polar surface area (TPSA) is 55.5 Å². The second-order valence-electron chi connectivity index (χ2n) is 5.61. The second-order valence-corrected chi connectivity index (χ2v) is 6.73. The number of hydrogen-bond donors (Lipinski definition) is 2. The number of benzene rings is 3. The first-order valence-corrected chi connectivity index (χ1v) is 8.61. The van der Waals surface area contributed by atoms with E-state index in [2.05, 4.69) is 0 Å². The Bertz CT molecular complexity index is 868. The van der Waals surface area contributed by atoms with Crippen LogP contribution in [0.5, 0.6) is 11.5 Å². The Kier molecular flexibility index (Phi) is 5.14. The lowest BCUT2D eigenvalue weighted by molar-refractivity contribution is 0.226. The van der Waals surface area contributed by atoms with Crippen molar-refractivity contribution in [2.75, 3.05) is 5.73 Å². The molecule has 0 saturated carbocycles. The molecule has 0 heterocycles. The van der Waals surface area contributed by atoms with Crippen molar-refractivity contribution in [2.24, 2.45) is 0 Å². The normalized spacial score (nSPS) is 11.9. The Balaban J connectivity index is 1.72. The maximum atomic E-state index is 13.3. The summed E-state index contributed by atoms with van der Waals surface area (Å²) < 4.78 is 19.2. The number of ether oxygens (including phenoxy) is 1. The van der Waals surface area contributed by atoms with E-state index in [0.29, 0.717) is 11.4 Å². The number of hydrogen-bond acceptors (Lipinski definition) is 4. The molecule has 128 valence electrons. The summed E-state index contributed by atoms with van der Waals surface area (Å²) in [5.74, 6) is 0.574. The van der Waals surface area contributed by atoms with Gasteiger partial charge in [0, 0.05) is 21.5 Å². The van der Waals surface area contributed by atoms with Crippen LogP contribution in [0.4, 0.5) is 10.1 Å². The number of nitrogen functional groups attached to an aromatic ring is 1. The summed E-state index contributed by atoms with van der Waals surface area (Å²) in [6, 6.07) is 18.8. The largest absolute Gasteiger partial charge is 0.508 e. The minimum absolute atomic E-state index is 0.229. The van der Waals surface area contributed by atoms with E-state index in [1.807, 2.05) is 37.3 Å². The van der Waals surface area contributed by atoms with Gasteiger partial charge >= 0.3 is 0 Å². The van der Waals surface area contributed by atoms with Gasteiger partial charge in [-0.1, -0.05) is 23.9 Å². The van der Waals surface area contributed by atoms with Gasteiger partial charge in [-0.2, -0.15) is 0 Å². The average Bonchev–Trinajstić information content (AvgIpc) is 2.59. The molecule has 3 aromatic rings. The average molecular weight is 355 g/mol. The smallest absolute Gasteiger partial charge is 0.123 e. The summed E-state index contributed by atoms with van der Waals surface area (Å²) in [5, 5.41) is 9.33. The zero-order chi connectivity index (χ0) is 17.8. The standard InChI is InChI=1S/C20H18FNO2S/c1-13(14-3-2-4-15(21)11-14)24-17-7-10-20(19(22)12-17)25-18-8-5-16(23)6-9-18/h2-13,23H,22H2,1H3. The number of phenolic OH excluding ortho intramolecular Hbond substituents is 1. The summed E-state index contributed by atoms with van der Waals surface area (Å²) >= 11 is 1.51. The molecule has 1 unspecified atom stereocenters. The Morgan fingerprint density at radius 1 is 1.04 bits per heavy atom. The van der Waals surface area contributed by atoms with Gasteiger partial charge in [-0.25, -0.2) is 4.39 Å². The van der Waals surface area contributed by atoms with Crippen molar-refractivity contribution in [3.05, 3.63) is 78.1 Å². The maximum absolute atomic E-state index is 13.3. The molecule has 0 spiro atoms. The lowest BCUT2D eigenvalue weighted by Gasteiger charge is -2.16. The lowest BCUT2D eigenvalue weighted by Crippen LogP contribution is -2.04. The molecular formula is C20H18FNO2S. The first-order chi connectivity index (χ1) is 12.0. The number of aromatic hydroxyl groups is 1. The number of rotatable bonds is 5. The Morgan fingerprint density at radius 3 is 2.48 bits per heavy atom. The highest BCUT2D eigenvalue weighted by Crippen LogP contribution is 2.35. The zero-order valence-corrected chi connectivity index (χ0v) is 14.5. The van der Waals surface area contributed by atoms with E-state index in [9.17, 15) is 9.50 Å². The Hall–Kier alpha value is -2.66. The number of phenols is 1. The molecule has 0 aliphatic carbocycles. The third-order valence-electron chi connectivity index (χ3n) is 3.68. The first-order valence-electron chi connectivity index (χ1n) is 7.80. The van der Waals surface area contributed by atoms with Gasteiger partial charge in [-0.05, 0) is 61.0 Å². The third kappa shape index (κ3) is 4.45. The van der Waals surface area contributed by atoms with E-state index >= 15 is 0 Å². The van der Waals surface area contributed by atoms with Gasteiger partial charge in [0.15, 0.2) is 0 Å². The highest BCUT2D eigenvalue weighted by atomic mass is 32.2. The van der Waals surface area contributed by atoms with Gasteiger partial charge in [0.2, 0.25) is 0 Å². The van der Waals surface area contributed by atoms with Gasteiger partial charge in [0.25, 0.3) is 0 Å². The van der Waals surface area contributed by atoms with Crippen molar-refractivity contribution in [3.8, 4) is 11.5 Å². The van der Waals surface area contributed by atoms with E-state index in [1.165, 1.54) is 23.9 Å². The van der Waals surface area contributed by atoms with Crippen molar-refractivity contribution >= 4 is 17.4 Å². The van der Waals surface area contributed by atoms with Gasteiger partial charge < -0.3 is 15.6 Å². The molecule has 3 N–H and O–H groups in total. The highest BCUT2D eigenvalue weighted by Gasteiger charge is 2.10. The van der Waals surface area contributed by atoms with E-state index in [4.69, 9.17) is 10.5 Å². The Labute approximate surface area is 150 Å². The Morgan fingerprint density at radius 2 is 1.80 bits per heavy atom. The van der Waals surface area contributed by atoms with Gasteiger partial charge in [-0.3, -0.25) is 0 Å². The van der Waals surface area contributed by atoms with Crippen molar-refractivity contribution in [1.29, 1.82) is 0 Å². The fraction of sp³-hybridized carbons (Fsp3) is 0.100. The van der Waals surface area contributed by atoms with Crippen LogP contribution in [0.25, 0.3) is 0 Å². The summed E-state index contributed by atoms with van der Waals surface area (Å²) in [4.78, 5) is 1.88. The summed E-state index contributed by atoms with van der Waals surface area (Å²) in [6.07, 6.45) is -0.286. The van der Waals surface area contributed by atoms with Crippen LogP contribution in [0.3, 0.4) is 0 Å². The van der Waals surface area contributed by atoms with Gasteiger partial charge in [0.05, 0.1) is 0 Å². The van der Waals surface area contributed by atoms with Crippen molar-refractivity contribution < 1.29 is 14.2 Å². The molecular weight excluding hydrogens is 337 g/mol. The fourth-order valence-corrected chi connectivity index (χ4v) is 3.20. The second kappa shape index (κ2) is 7.49. The molecule has 1 atom stereocenters. The van der Waals surface area contributed by atoms with Gasteiger partial charge in [0.1, 0.15) is 23.4 Å². The quantitative estimate of drug-likeness (QED) is 0.601. The number of anilines is 1. The molecule has 3 rings (SSSR count). The fourth-order valence-electron chi connectivity index (χ4n) is 2.37. The van der Waals surface area contributed by atoms with E-state index in [0.717, 1.165) is 15.4 Å². The molecule has 0 bridgehead atoms. The molecule has 5 heteroatoms. The first kappa shape index (κ1) is 17.2. The van der Waals surface area contributed by atoms with E-state index in [1.54, 1.807) is 24.3 Å². The minimum Gasteiger partial charge on any atom is -0.508 e. The molecule has 0 aromatic heterocycles. The zero-order valence-electron chi connectivity index (χ0n) is 13.6. The van der Waals surface area contributed by atoms with Crippen molar-refractivity contribution in [1.82, 2.24) is 0 Å². The predicted octanol–water partition coefficient (Wildman–Crippen LogP) is 5.40. The summed E-state index contributed by atoms with van der Waals surface area (Å²) in [6.45, 7) is 1.87. The van der Waals surface area contributed by atoms with Crippen LogP contribution in [-0.4, -0.2) is 5.11 Å². The van der Waals surface area contributed by atoms with Crippen LogP contribution in [0.2, 0.25) is 0 Å². The van der Waals surface area contributed by atoms with E-state index < -0.39 is 0 Å². The minimum atomic E-state index is -0.286. The van der Waals surface area contributed by atoms with Crippen LogP contribution in [0, 0.1) is 5.82 Å². The van der Waals surface area contributed by atoms with Crippen LogP contribution in [0.15, 0.2) is 76.5 Å². The highest BCUT2D eigenvalue weighted by molar-refractivity contribution is 7.99. The van der Waals surface area contributed by atoms with E-state index in [-0.39, 0.29) is 17.7 Å². The molecule has 0 aliphatic rings. The van der Waals surface area contributed by atoms with Gasteiger partial charge in [-0.15, -0.1) is 0 Å². The predicted molar refractivity (Wildman–Crippen MR) is 98.5 cm³/mol. The van der Waals surface area contributed by atoms with Crippen molar-refractivity contribution in [2.45, 2.75) is 22.8 Å². The van der Waals surface area contributed by atoms with Crippen molar-refractivity contribution in [3.63, 3.8) is 0 Å². The lowest BCUT2D eigenvalue weighted by atomic mass is 10.1. The molecule has 0 fully saturated rings. The summed E-state index contributed by atoms with van der Waals surface area (Å²) in [7, 11) is 0. The summed E-state index contributed by atoms with van der Waals surface area (Å²) in [5.41, 5.74) is 7.49. The molecule has 0 radical (unpaired) electrons. The van der Waals surface area contributed by atoms with Crippen LogP contribution in [0.1, 0.15) is 18.6 Å². The monoisotopic (exact) mass is 355 g/mol. The van der Waals surface area contributed by atoms with Crippen LogP contribution >= 0.6 is 11.8 Å². The maximum Gasteiger partial charge on any atom is 0.123 e. The molecule has 3 nitrogen and oxygen atoms in total.